The average Bonchev–Trinajstić information content (AvgIpc) is 2.74. The van der Waals surface area contributed by atoms with Crippen molar-refractivity contribution < 1.29 is 14.2 Å². The lowest BCUT2D eigenvalue weighted by Gasteiger charge is -2.21. The predicted molar refractivity (Wildman–Crippen MR) is 136 cm³/mol. The second-order valence-corrected chi connectivity index (χ2v) is 6.93. The third-order valence-electron chi connectivity index (χ3n) is 4.93. The van der Waals surface area contributed by atoms with Gasteiger partial charge in [0.05, 0.1) is 27.9 Å². The summed E-state index contributed by atoms with van der Waals surface area (Å²) >= 11 is 0. The van der Waals surface area contributed by atoms with Gasteiger partial charge in [-0.25, -0.2) is 4.99 Å². The molecule has 0 bridgehead atoms. The Hall–Kier alpha value is -1.42. The molecule has 1 atom stereocenters. The van der Waals surface area contributed by atoms with Crippen LogP contribution in [0.15, 0.2) is 17.1 Å². The first-order chi connectivity index (χ1) is 14.0. The lowest BCUT2D eigenvalue weighted by atomic mass is 10.1. The van der Waals surface area contributed by atoms with Crippen LogP contribution in [0.25, 0.3) is 0 Å². The Labute approximate surface area is 200 Å². The molecule has 0 aromatic heterocycles. The molecule has 2 N–H and O–H groups in total. The van der Waals surface area contributed by atoms with Crippen LogP contribution >= 0.6 is 24.0 Å². The summed E-state index contributed by atoms with van der Waals surface area (Å²) in [5.74, 6) is 2.85. The summed E-state index contributed by atoms with van der Waals surface area (Å²) in [4.78, 5) is 7.20. The lowest BCUT2D eigenvalue weighted by molar-refractivity contribution is 0.292. The van der Waals surface area contributed by atoms with E-state index >= 15 is 0 Å². The molecule has 0 aliphatic rings. The number of aliphatic imine (C=N–C) groups is 1. The van der Waals surface area contributed by atoms with Crippen LogP contribution in [0.5, 0.6) is 17.2 Å². The van der Waals surface area contributed by atoms with Crippen LogP contribution in [0.4, 0.5) is 0 Å². The van der Waals surface area contributed by atoms with Crippen LogP contribution in [0, 0.1) is 0 Å². The van der Waals surface area contributed by atoms with Crippen molar-refractivity contribution in [2.75, 3.05) is 47.5 Å². The van der Waals surface area contributed by atoms with Crippen molar-refractivity contribution >= 4 is 29.9 Å². The van der Waals surface area contributed by atoms with Crippen molar-refractivity contribution in [1.29, 1.82) is 0 Å². The van der Waals surface area contributed by atoms with Crippen LogP contribution in [-0.2, 0) is 6.54 Å². The smallest absolute Gasteiger partial charge is 0.191 e. The minimum absolute atomic E-state index is 0. The standard InChI is InChI=1S/C22H40N4O3.HI/c1-8-23-22(25-17(4)12-11-13-26(9-2)10-3)24-16-18-14-20(28-6)21(29-7)15-19(18)27-5;/h14-15,17H,8-13,16H2,1-7H3,(H2,23,24,25);1H. The van der Waals surface area contributed by atoms with Gasteiger partial charge in [0.25, 0.3) is 0 Å². The SMILES string of the molecule is CCNC(=NCc1cc(OC)c(OC)cc1OC)NC(C)CCCN(CC)CC.I. The van der Waals surface area contributed by atoms with E-state index in [1.807, 2.05) is 12.1 Å². The van der Waals surface area contributed by atoms with E-state index in [1.165, 1.54) is 6.42 Å². The molecule has 7 nitrogen and oxygen atoms in total. The van der Waals surface area contributed by atoms with Crippen molar-refractivity contribution in [3.05, 3.63) is 17.7 Å². The Bertz CT molecular complexity index is 625. The number of halogens is 1. The summed E-state index contributed by atoms with van der Waals surface area (Å²) in [6.45, 7) is 13.3. The molecule has 8 heteroatoms. The van der Waals surface area contributed by atoms with Gasteiger partial charge in [-0.3, -0.25) is 0 Å². The molecular weight excluding hydrogens is 495 g/mol. The number of hydrogen-bond donors (Lipinski definition) is 2. The minimum atomic E-state index is 0. The number of rotatable bonds is 13. The van der Waals surface area contributed by atoms with Gasteiger partial charge in [0.2, 0.25) is 0 Å². The first kappa shape index (κ1) is 28.6. The molecule has 0 amide bonds. The molecule has 1 rings (SSSR count). The highest BCUT2D eigenvalue weighted by Gasteiger charge is 2.12. The van der Waals surface area contributed by atoms with Gasteiger partial charge < -0.3 is 29.7 Å². The number of guanidine groups is 1. The van der Waals surface area contributed by atoms with E-state index in [9.17, 15) is 0 Å². The maximum Gasteiger partial charge on any atom is 0.191 e. The summed E-state index contributed by atoms with van der Waals surface area (Å²) in [6, 6.07) is 4.09. The quantitative estimate of drug-likeness (QED) is 0.227. The van der Waals surface area contributed by atoms with Crippen molar-refractivity contribution in [2.45, 2.75) is 53.1 Å². The monoisotopic (exact) mass is 536 g/mol. The highest BCUT2D eigenvalue weighted by Crippen LogP contribution is 2.34. The summed E-state index contributed by atoms with van der Waals surface area (Å²) in [6.07, 6.45) is 2.26. The van der Waals surface area contributed by atoms with Gasteiger partial charge >= 0.3 is 0 Å². The second kappa shape index (κ2) is 16.3. The Balaban J connectivity index is 0.00000841. The predicted octanol–water partition coefficient (Wildman–Crippen LogP) is 3.90. The molecular formula is C22H41IN4O3. The van der Waals surface area contributed by atoms with E-state index in [2.05, 4.69) is 43.2 Å². The molecule has 0 fully saturated rings. The van der Waals surface area contributed by atoms with Gasteiger partial charge in [0.15, 0.2) is 17.5 Å². The molecule has 1 unspecified atom stereocenters. The number of ether oxygens (including phenoxy) is 3. The topological polar surface area (TPSA) is 67.4 Å². The van der Waals surface area contributed by atoms with Crippen molar-refractivity contribution in [3.8, 4) is 17.2 Å². The van der Waals surface area contributed by atoms with Gasteiger partial charge in [-0.05, 0) is 52.4 Å². The number of nitrogens with zero attached hydrogens (tertiary/aromatic N) is 2. The van der Waals surface area contributed by atoms with E-state index in [0.717, 1.165) is 49.9 Å². The van der Waals surface area contributed by atoms with Gasteiger partial charge in [0.1, 0.15) is 5.75 Å². The number of hydrogen-bond acceptors (Lipinski definition) is 5. The van der Waals surface area contributed by atoms with Crippen molar-refractivity contribution in [3.63, 3.8) is 0 Å². The van der Waals surface area contributed by atoms with Gasteiger partial charge in [-0.15, -0.1) is 24.0 Å². The Morgan fingerprint density at radius 1 is 1.00 bits per heavy atom. The zero-order valence-electron chi connectivity index (χ0n) is 19.7. The lowest BCUT2D eigenvalue weighted by Crippen LogP contribution is -2.42. The van der Waals surface area contributed by atoms with Crippen LogP contribution in [-0.4, -0.2) is 64.4 Å². The number of nitrogens with one attached hydrogen (secondary N) is 2. The van der Waals surface area contributed by atoms with E-state index in [-0.39, 0.29) is 24.0 Å². The third kappa shape index (κ3) is 9.59. The average molecular weight is 536 g/mol. The largest absolute Gasteiger partial charge is 0.496 e. The Kier molecular flexibility index (Phi) is 15.5. The molecule has 0 aliphatic carbocycles. The molecule has 0 spiro atoms. The van der Waals surface area contributed by atoms with Gasteiger partial charge in [-0.1, -0.05) is 13.8 Å². The fraction of sp³-hybridized carbons (Fsp3) is 0.682. The molecule has 0 heterocycles. The van der Waals surface area contributed by atoms with E-state index in [1.54, 1.807) is 21.3 Å². The zero-order chi connectivity index (χ0) is 21.6. The van der Waals surface area contributed by atoms with Crippen molar-refractivity contribution in [2.24, 2.45) is 4.99 Å². The first-order valence-corrected chi connectivity index (χ1v) is 10.6. The highest BCUT2D eigenvalue weighted by molar-refractivity contribution is 14.0. The molecule has 0 saturated heterocycles. The summed E-state index contributed by atoms with van der Waals surface area (Å²) in [7, 11) is 4.89. The van der Waals surface area contributed by atoms with Crippen LogP contribution in [0.3, 0.4) is 0 Å². The van der Waals surface area contributed by atoms with Crippen molar-refractivity contribution in [1.82, 2.24) is 15.5 Å². The maximum absolute atomic E-state index is 5.51. The number of methoxy groups -OCH3 is 3. The first-order valence-electron chi connectivity index (χ1n) is 10.6. The molecule has 1 aromatic rings. The van der Waals surface area contributed by atoms with Gasteiger partial charge in [0, 0.05) is 24.2 Å². The van der Waals surface area contributed by atoms with Crippen LogP contribution in [0.1, 0.15) is 46.1 Å². The second-order valence-electron chi connectivity index (χ2n) is 6.93. The van der Waals surface area contributed by atoms with E-state index in [4.69, 9.17) is 19.2 Å². The Morgan fingerprint density at radius 2 is 1.60 bits per heavy atom. The van der Waals surface area contributed by atoms with Gasteiger partial charge in [-0.2, -0.15) is 0 Å². The summed E-state index contributed by atoms with van der Waals surface area (Å²) in [5, 5.41) is 6.84. The van der Waals surface area contributed by atoms with Crippen LogP contribution in [0.2, 0.25) is 0 Å². The fourth-order valence-electron chi connectivity index (χ4n) is 3.17. The fourth-order valence-corrected chi connectivity index (χ4v) is 3.17. The van der Waals surface area contributed by atoms with E-state index in [0.29, 0.717) is 24.1 Å². The molecule has 0 saturated carbocycles. The minimum Gasteiger partial charge on any atom is -0.496 e. The number of benzene rings is 1. The summed E-state index contributed by atoms with van der Waals surface area (Å²) < 4.78 is 16.3. The summed E-state index contributed by atoms with van der Waals surface area (Å²) in [5.41, 5.74) is 0.941. The molecule has 0 aliphatic heterocycles. The normalized spacial score (nSPS) is 12.2. The molecule has 174 valence electrons. The molecule has 1 aromatic carbocycles. The molecule has 0 radical (unpaired) electrons. The zero-order valence-corrected chi connectivity index (χ0v) is 22.0. The molecule has 30 heavy (non-hydrogen) atoms. The maximum atomic E-state index is 5.51. The van der Waals surface area contributed by atoms with E-state index < -0.39 is 0 Å². The van der Waals surface area contributed by atoms with Crippen LogP contribution < -0.4 is 24.8 Å². The Morgan fingerprint density at radius 3 is 2.13 bits per heavy atom. The third-order valence-corrected chi connectivity index (χ3v) is 4.93. The highest BCUT2D eigenvalue weighted by atomic mass is 127.